The summed E-state index contributed by atoms with van der Waals surface area (Å²) in [6.07, 6.45) is 2.02. The molecule has 3 heterocycles. The van der Waals surface area contributed by atoms with E-state index in [1.165, 1.54) is 21.9 Å². The van der Waals surface area contributed by atoms with E-state index in [0.29, 0.717) is 31.2 Å². The molecule has 0 aliphatic carbocycles. The van der Waals surface area contributed by atoms with Gasteiger partial charge in [-0.25, -0.2) is 0 Å². The minimum Gasteiger partial charge on any atom is -0.508 e. The molecule has 3 saturated heterocycles. The van der Waals surface area contributed by atoms with Crippen LogP contribution in [0.4, 0.5) is 0 Å². The Kier molecular flexibility index (Phi) is 15.6. The Hall–Kier alpha value is -5.26. The second kappa shape index (κ2) is 20.1. The van der Waals surface area contributed by atoms with Crippen molar-refractivity contribution in [1.82, 2.24) is 41.7 Å². The van der Waals surface area contributed by atoms with Crippen LogP contribution in [0.25, 0.3) is 0 Å². The number of hydrogen-bond donors (Lipinski definition) is 8. The standard InChI is InChI=1S/C38H56N8O10/c1-21(2)15-25-34(52)44-28(20-47)33(51)40-18-31(49)39-19-32(50)41-26(17-23-9-11-24(48)12-10-23)35(53)43-27(16-22(3)4)37(55)46-14-6-8-30(46)38(56)45-13-5-7-29(45)36(54)42-25/h9-12,21-22,25-30,47-48H,5-8,13-20H2,1-4H3,(H,39,49)(H,40,51)(H,41,50)(H,42,54)(H,43,53)(H,44,52)/t25-,26+,27-,28-,29+,30-/m1/s1. The molecule has 4 rings (SSSR count). The lowest BCUT2D eigenvalue weighted by Crippen LogP contribution is -2.60. The first-order chi connectivity index (χ1) is 26.6. The highest BCUT2D eigenvalue weighted by atomic mass is 16.3. The average molecular weight is 785 g/mol. The van der Waals surface area contributed by atoms with E-state index in [4.69, 9.17) is 0 Å². The molecule has 0 spiro atoms. The van der Waals surface area contributed by atoms with E-state index >= 15 is 0 Å². The van der Waals surface area contributed by atoms with Crippen molar-refractivity contribution in [2.45, 2.75) is 109 Å². The summed E-state index contributed by atoms with van der Waals surface area (Å²) in [5.41, 5.74) is 0.574. The molecule has 3 fully saturated rings. The summed E-state index contributed by atoms with van der Waals surface area (Å²) < 4.78 is 0. The van der Waals surface area contributed by atoms with Gasteiger partial charge in [-0.05, 0) is 68.1 Å². The Morgan fingerprint density at radius 3 is 1.77 bits per heavy atom. The van der Waals surface area contributed by atoms with E-state index in [9.17, 15) is 48.6 Å². The summed E-state index contributed by atoms with van der Waals surface area (Å²) in [4.78, 5) is 111. The number of benzene rings is 1. The van der Waals surface area contributed by atoms with Gasteiger partial charge in [-0.15, -0.1) is 0 Å². The molecule has 308 valence electrons. The molecule has 3 aliphatic rings. The van der Waals surface area contributed by atoms with E-state index in [2.05, 4.69) is 31.9 Å². The molecule has 18 heteroatoms. The molecule has 1 aromatic rings. The summed E-state index contributed by atoms with van der Waals surface area (Å²) in [6, 6.07) is -0.760. The third-order valence-electron chi connectivity index (χ3n) is 10.0. The van der Waals surface area contributed by atoms with E-state index < -0.39 is 103 Å². The van der Waals surface area contributed by atoms with Gasteiger partial charge in [0.25, 0.3) is 0 Å². The van der Waals surface area contributed by atoms with Crippen molar-refractivity contribution in [2.75, 3.05) is 32.8 Å². The molecule has 56 heavy (non-hydrogen) atoms. The van der Waals surface area contributed by atoms with Crippen LogP contribution in [0, 0.1) is 11.8 Å². The number of carbonyl (C=O) groups is 8. The molecule has 0 bridgehead atoms. The summed E-state index contributed by atoms with van der Waals surface area (Å²) in [5.74, 6) is -5.50. The lowest BCUT2D eigenvalue weighted by atomic mass is 10.00. The lowest BCUT2D eigenvalue weighted by molar-refractivity contribution is -0.148. The number of phenolic OH excluding ortho intramolecular Hbond substituents is 1. The van der Waals surface area contributed by atoms with Gasteiger partial charge in [0.05, 0.1) is 19.7 Å². The number of aromatic hydroxyl groups is 1. The fourth-order valence-corrected chi connectivity index (χ4v) is 7.24. The molecule has 0 unspecified atom stereocenters. The number of hydrogen-bond acceptors (Lipinski definition) is 10. The lowest BCUT2D eigenvalue weighted by Gasteiger charge is -2.34. The highest BCUT2D eigenvalue weighted by Gasteiger charge is 2.44. The van der Waals surface area contributed by atoms with Crippen LogP contribution < -0.4 is 31.9 Å². The third-order valence-corrected chi connectivity index (χ3v) is 10.0. The smallest absolute Gasteiger partial charge is 0.246 e. The van der Waals surface area contributed by atoms with E-state index in [1.54, 1.807) is 12.1 Å². The van der Waals surface area contributed by atoms with Crippen molar-refractivity contribution in [3.63, 3.8) is 0 Å². The number of nitrogens with one attached hydrogen (secondary N) is 6. The van der Waals surface area contributed by atoms with Gasteiger partial charge in [0, 0.05) is 19.5 Å². The number of rotatable bonds is 7. The zero-order chi connectivity index (χ0) is 41.1. The van der Waals surface area contributed by atoms with E-state index in [1.807, 2.05) is 27.7 Å². The van der Waals surface area contributed by atoms with Gasteiger partial charge < -0.3 is 51.9 Å². The Morgan fingerprint density at radius 2 is 1.14 bits per heavy atom. The van der Waals surface area contributed by atoms with Crippen LogP contribution in [0.1, 0.15) is 71.8 Å². The molecule has 8 amide bonds. The minimum atomic E-state index is -1.48. The van der Waals surface area contributed by atoms with Gasteiger partial charge in [0.15, 0.2) is 0 Å². The fourth-order valence-electron chi connectivity index (χ4n) is 7.24. The number of carbonyl (C=O) groups excluding carboxylic acids is 8. The van der Waals surface area contributed by atoms with Crippen LogP contribution in [0.2, 0.25) is 0 Å². The first-order valence-corrected chi connectivity index (χ1v) is 19.3. The largest absolute Gasteiger partial charge is 0.508 e. The van der Waals surface area contributed by atoms with Crippen LogP contribution >= 0.6 is 0 Å². The summed E-state index contributed by atoms with van der Waals surface area (Å²) in [6.45, 7) is 5.89. The van der Waals surface area contributed by atoms with Gasteiger partial charge in [0.2, 0.25) is 47.3 Å². The molecular weight excluding hydrogens is 728 g/mol. The normalized spacial score (nSPS) is 26.8. The molecule has 8 N–H and O–H groups in total. The Labute approximate surface area is 326 Å². The maximum atomic E-state index is 14.3. The molecule has 0 aromatic heterocycles. The Morgan fingerprint density at radius 1 is 0.607 bits per heavy atom. The molecule has 0 radical (unpaired) electrons. The van der Waals surface area contributed by atoms with Gasteiger partial charge in [-0.1, -0.05) is 39.8 Å². The van der Waals surface area contributed by atoms with Crippen molar-refractivity contribution in [1.29, 1.82) is 0 Å². The first kappa shape index (κ1) is 43.5. The summed E-state index contributed by atoms with van der Waals surface area (Å²) >= 11 is 0. The topological polar surface area (TPSA) is 256 Å². The zero-order valence-corrected chi connectivity index (χ0v) is 32.5. The number of aliphatic hydroxyl groups is 1. The number of aliphatic hydroxyl groups excluding tert-OH is 1. The van der Waals surface area contributed by atoms with Crippen LogP contribution in [0.15, 0.2) is 24.3 Å². The van der Waals surface area contributed by atoms with Crippen LogP contribution in [-0.4, -0.2) is 136 Å². The van der Waals surface area contributed by atoms with Gasteiger partial charge in [-0.3, -0.25) is 38.4 Å². The fraction of sp³-hybridized carbons (Fsp3) is 0.632. The molecule has 3 aliphatic heterocycles. The van der Waals surface area contributed by atoms with E-state index in [-0.39, 0.29) is 49.9 Å². The zero-order valence-electron chi connectivity index (χ0n) is 32.5. The average Bonchev–Trinajstić information content (AvgIpc) is 3.85. The summed E-state index contributed by atoms with van der Waals surface area (Å²) in [5, 5.41) is 34.9. The van der Waals surface area contributed by atoms with Gasteiger partial charge >= 0.3 is 0 Å². The third kappa shape index (κ3) is 11.9. The van der Waals surface area contributed by atoms with E-state index in [0.717, 1.165) is 0 Å². The predicted molar refractivity (Wildman–Crippen MR) is 201 cm³/mol. The van der Waals surface area contributed by atoms with Crippen molar-refractivity contribution >= 4 is 47.3 Å². The van der Waals surface area contributed by atoms with Crippen molar-refractivity contribution < 1.29 is 48.6 Å². The minimum absolute atomic E-state index is 0.00745. The van der Waals surface area contributed by atoms with Crippen molar-refractivity contribution in [3.05, 3.63) is 29.8 Å². The van der Waals surface area contributed by atoms with Crippen LogP contribution in [0.3, 0.4) is 0 Å². The SMILES string of the molecule is CC(C)C[C@H]1NC(=O)[C@@H]2CCCN2C(=O)[C@H]2CCCN2C(=O)[C@@H](CC(C)C)NC(=O)[C@H](Cc2ccc(O)cc2)NC(=O)CNC(=O)CNC(=O)[C@@H](CO)NC1=O. The Bertz CT molecular complexity index is 1620. The molecule has 1 aromatic carbocycles. The number of nitrogens with zero attached hydrogens (tertiary/aromatic N) is 2. The molecule has 6 atom stereocenters. The van der Waals surface area contributed by atoms with Crippen LogP contribution in [-0.2, 0) is 44.8 Å². The van der Waals surface area contributed by atoms with Crippen molar-refractivity contribution in [2.24, 2.45) is 11.8 Å². The first-order valence-electron chi connectivity index (χ1n) is 19.3. The number of phenols is 1. The van der Waals surface area contributed by atoms with Crippen molar-refractivity contribution in [3.8, 4) is 5.75 Å². The Balaban J connectivity index is 1.66. The second-order valence-electron chi connectivity index (χ2n) is 15.5. The predicted octanol–water partition coefficient (Wildman–Crippen LogP) is -1.81. The second-order valence-corrected chi connectivity index (χ2v) is 15.5. The molecule has 18 nitrogen and oxygen atoms in total. The molecular formula is C38H56N8O10. The molecule has 0 saturated carbocycles. The monoisotopic (exact) mass is 784 g/mol. The number of fused-ring (bicyclic) bond motifs is 2. The maximum absolute atomic E-state index is 14.3. The highest BCUT2D eigenvalue weighted by molar-refractivity contribution is 5.98. The quantitative estimate of drug-likeness (QED) is 0.154. The highest BCUT2D eigenvalue weighted by Crippen LogP contribution is 2.27. The summed E-state index contributed by atoms with van der Waals surface area (Å²) in [7, 11) is 0. The maximum Gasteiger partial charge on any atom is 0.246 e. The van der Waals surface area contributed by atoms with Crippen LogP contribution in [0.5, 0.6) is 5.75 Å². The van der Waals surface area contributed by atoms with Gasteiger partial charge in [-0.2, -0.15) is 0 Å². The van der Waals surface area contributed by atoms with Gasteiger partial charge in [0.1, 0.15) is 42.0 Å². The number of amides is 8.